The molecule has 0 atom stereocenters. The van der Waals surface area contributed by atoms with Crippen molar-refractivity contribution in [3.63, 3.8) is 0 Å². The maximum absolute atomic E-state index is 12.2. The summed E-state index contributed by atoms with van der Waals surface area (Å²) in [5.41, 5.74) is -7.09. The van der Waals surface area contributed by atoms with Gasteiger partial charge in [0.15, 0.2) is 0 Å². The molecular formula is C4F12OSi. The average molecular weight is 320 g/mol. The van der Waals surface area contributed by atoms with E-state index in [0.717, 1.165) is 0 Å². The molecule has 0 N–H and O–H groups in total. The summed E-state index contributed by atoms with van der Waals surface area (Å²) in [6.45, 7) is 0. The standard InChI is InChI=1S/C4F12OSi/c5-1(6,7)3(11,12)17-18(15,16)4(13,14)2(8,9)10. The second-order valence-corrected chi connectivity index (χ2v) is 4.57. The molecule has 0 rings (SSSR count). The minimum Gasteiger partial charge on any atom is -0.296 e. The molecule has 18 heavy (non-hydrogen) atoms. The Morgan fingerprint density at radius 1 is 0.611 bits per heavy atom. The Bertz CT molecular complexity index is 300. The highest BCUT2D eigenvalue weighted by atomic mass is 28.4. The molecule has 0 saturated heterocycles. The van der Waals surface area contributed by atoms with Crippen molar-refractivity contribution in [2.45, 2.75) is 24.0 Å². The van der Waals surface area contributed by atoms with Crippen LogP contribution in [0.25, 0.3) is 0 Å². The van der Waals surface area contributed by atoms with E-state index in [0.29, 0.717) is 0 Å². The fourth-order valence-electron chi connectivity index (χ4n) is 0.448. The largest absolute Gasteiger partial charge is 0.666 e. The van der Waals surface area contributed by atoms with Crippen LogP contribution >= 0.6 is 0 Å². The van der Waals surface area contributed by atoms with Crippen LogP contribution in [0.2, 0.25) is 0 Å². The van der Waals surface area contributed by atoms with Gasteiger partial charge < -0.3 is 0 Å². The zero-order valence-corrected chi connectivity index (χ0v) is 8.44. The van der Waals surface area contributed by atoms with E-state index in [1.807, 2.05) is 0 Å². The lowest BCUT2D eigenvalue weighted by Gasteiger charge is -2.28. The van der Waals surface area contributed by atoms with Gasteiger partial charge in [0.25, 0.3) is 0 Å². The van der Waals surface area contributed by atoms with Crippen LogP contribution in [-0.4, -0.2) is 33.0 Å². The molecule has 1 nitrogen and oxygen atoms in total. The highest BCUT2D eigenvalue weighted by Crippen LogP contribution is 2.48. The summed E-state index contributed by atoms with van der Waals surface area (Å²) in [6, 6.07) is 0. The molecule has 0 aliphatic carbocycles. The van der Waals surface area contributed by atoms with Gasteiger partial charge in [-0.05, 0) is 0 Å². The van der Waals surface area contributed by atoms with Crippen molar-refractivity contribution in [3.05, 3.63) is 0 Å². The van der Waals surface area contributed by atoms with Gasteiger partial charge in [0.1, 0.15) is 0 Å². The van der Waals surface area contributed by atoms with Crippen molar-refractivity contribution in [1.82, 2.24) is 0 Å². The van der Waals surface area contributed by atoms with Crippen LogP contribution in [0.1, 0.15) is 0 Å². The Kier molecular flexibility index (Phi) is 4.02. The molecule has 0 aliphatic heterocycles. The van der Waals surface area contributed by atoms with Crippen LogP contribution in [0.3, 0.4) is 0 Å². The van der Waals surface area contributed by atoms with Gasteiger partial charge in [-0.25, -0.2) is 8.22 Å². The molecule has 0 aromatic heterocycles. The fraction of sp³-hybridized carbons (Fsp3) is 1.00. The maximum atomic E-state index is 12.2. The normalized spacial score (nSPS) is 16.0. The predicted molar refractivity (Wildman–Crippen MR) is 31.1 cm³/mol. The molecular weight excluding hydrogens is 320 g/mol. The van der Waals surface area contributed by atoms with Crippen LogP contribution in [0.15, 0.2) is 0 Å². The SMILES string of the molecule is FC(F)(F)C(F)(F)O[Si](F)(F)C(F)(F)C(F)(F)F. The molecule has 0 aromatic rings. The van der Waals surface area contributed by atoms with E-state index in [4.69, 9.17) is 0 Å². The summed E-state index contributed by atoms with van der Waals surface area (Å²) in [6.07, 6.45) is -20.7. The summed E-state index contributed by atoms with van der Waals surface area (Å²) in [5, 5.41) is 0. The Morgan fingerprint density at radius 2 is 0.944 bits per heavy atom. The lowest BCUT2D eigenvalue weighted by Crippen LogP contribution is -2.62. The van der Waals surface area contributed by atoms with Crippen molar-refractivity contribution in [2.24, 2.45) is 0 Å². The molecule has 0 heterocycles. The van der Waals surface area contributed by atoms with Gasteiger partial charge in [-0.15, -0.1) is 0 Å². The Morgan fingerprint density at radius 3 is 1.17 bits per heavy atom. The lowest BCUT2D eigenvalue weighted by atomic mass is 10.6. The zero-order valence-electron chi connectivity index (χ0n) is 7.44. The summed E-state index contributed by atoms with van der Waals surface area (Å²) >= 11 is 0. The van der Waals surface area contributed by atoms with Gasteiger partial charge in [0.2, 0.25) is 0 Å². The van der Waals surface area contributed by atoms with Gasteiger partial charge in [-0.3, -0.25) is 4.43 Å². The molecule has 0 aromatic carbocycles. The molecule has 14 heteroatoms. The summed E-state index contributed by atoms with van der Waals surface area (Å²) < 4.78 is 142. The predicted octanol–water partition coefficient (Wildman–Crippen LogP) is 3.77. The van der Waals surface area contributed by atoms with Gasteiger partial charge in [0.05, 0.1) is 0 Å². The molecule has 0 aliphatic rings. The van der Waals surface area contributed by atoms with Crippen molar-refractivity contribution < 1.29 is 56.5 Å². The first-order valence-electron chi connectivity index (χ1n) is 3.43. The number of alkyl halides is 10. The quantitative estimate of drug-likeness (QED) is 0.437. The topological polar surface area (TPSA) is 9.23 Å². The van der Waals surface area contributed by atoms with Gasteiger partial charge in [-0.2, -0.15) is 43.9 Å². The summed E-state index contributed by atoms with van der Waals surface area (Å²) in [4.78, 5) is 0. The Balaban J connectivity index is 5.33. The van der Waals surface area contributed by atoms with Crippen LogP contribution in [-0.2, 0) is 4.43 Å². The number of hydrogen-bond donors (Lipinski definition) is 0. The second kappa shape index (κ2) is 4.18. The third-order valence-electron chi connectivity index (χ3n) is 1.31. The number of halogens is 12. The van der Waals surface area contributed by atoms with E-state index in [9.17, 15) is 52.1 Å². The van der Waals surface area contributed by atoms with E-state index in [1.165, 1.54) is 4.43 Å². The molecule has 110 valence electrons. The van der Waals surface area contributed by atoms with Crippen molar-refractivity contribution >= 4 is 8.99 Å². The van der Waals surface area contributed by atoms with Crippen molar-refractivity contribution in [2.75, 3.05) is 0 Å². The highest BCUT2D eigenvalue weighted by molar-refractivity contribution is 6.62. The van der Waals surface area contributed by atoms with E-state index in [-0.39, 0.29) is 0 Å². The van der Waals surface area contributed by atoms with Gasteiger partial charge in [0, 0.05) is 0 Å². The molecule has 0 unspecified atom stereocenters. The van der Waals surface area contributed by atoms with E-state index >= 15 is 0 Å². The first-order valence-corrected chi connectivity index (χ1v) is 5.09. The third-order valence-corrected chi connectivity index (χ3v) is 2.84. The van der Waals surface area contributed by atoms with E-state index < -0.39 is 33.0 Å². The first-order chi connectivity index (χ1) is 7.46. The van der Waals surface area contributed by atoms with Crippen molar-refractivity contribution in [3.8, 4) is 0 Å². The Labute approximate surface area is 90.8 Å². The van der Waals surface area contributed by atoms with E-state index in [1.54, 1.807) is 0 Å². The summed E-state index contributed by atoms with van der Waals surface area (Å²) in [7, 11) is -8.74. The van der Waals surface area contributed by atoms with Crippen LogP contribution in [0.5, 0.6) is 0 Å². The van der Waals surface area contributed by atoms with Gasteiger partial charge in [-0.1, -0.05) is 0 Å². The minimum atomic E-state index is -8.74. The first kappa shape index (κ1) is 17.3. The van der Waals surface area contributed by atoms with Crippen LogP contribution in [0.4, 0.5) is 52.1 Å². The number of hydrogen-bond acceptors (Lipinski definition) is 1. The van der Waals surface area contributed by atoms with Gasteiger partial charge >= 0.3 is 33.0 Å². The lowest BCUT2D eigenvalue weighted by molar-refractivity contribution is -0.376. The smallest absolute Gasteiger partial charge is 0.296 e. The van der Waals surface area contributed by atoms with E-state index in [2.05, 4.69) is 0 Å². The molecule has 0 saturated carbocycles. The third kappa shape index (κ3) is 3.01. The van der Waals surface area contributed by atoms with Crippen molar-refractivity contribution in [1.29, 1.82) is 0 Å². The molecule has 0 fully saturated rings. The number of rotatable bonds is 3. The zero-order chi connectivity index (χ0) is 15.2. The molecule has 0 spiro atoms. The molecule has 0 radical (unpaired) electrons. The average Bonchev–Trinajstić information content (AvgIpc) is 1.96. The highest BCUT2D eigenvalue weighted by Gasteiger charge is 2.82. The molecule has 0 bridgehead atoms. The summed E-state index contributed by atoms with van der Waals surface area (Å²) in [5.74, 6) is 0. The monoisotopic (exact) mass is 320 g/mol. The fourth-order valence-corrected chi connectivity index (χ4v) is 1.34. The second-order valence-electron chi connectivity index (χ2n) is 2.71. The maximum Gasteiger partial charge on any atom is 0.666 e. The van der Waals surface area contributed by atoms with Crippen LogP contribution in [0, 0.1) is 0 Å². The minimum absolute atomic E-state index is 1.46. The Hall–Kier alpha value is -0.663. The molecule has 0 amide bonds. The van der Waals surface area contributed by atoms with Crippen LogP contribution < -0.4 is 0 Å².